The predicted octanol–water partition coefficient (Wildman–Crippen LogP) is 4.26. The zero-order chi connectivity index (χ0) is 24.8. The van der Waals surface area contributed by atoms with Crippen molar-refractivity contribution in [3.05, 3.63) is 59.7 Å². The molecule has 2 atom stereocenters. The number of nitrogens with one attached hydrogen (secondary N) is 2. The summed E-state index contributed by atoms with van der Waals surface area (Å²) in [6.45, 7) is 0.322. The van der Waals surface area contributed by atoms with Crippen molar-refractivity contribution < 1.29 is 24.2 Å². The molecule has 2 aliphatic rings. The fourth-order valence-corrected chi connectivity index (χ4v) is 5.15. The van der Waals surface area contributed by atoms with E-state index >= 15 is 0 Å². The lowest BCUT2D eigenvalue weighted by atomic mass is 9.98. The summed E-state index contributed by atoms with van der Waals surface area (Å²) < 4.78 is 5.58. The summed E-state index contributed by atoms with van der Waals surface area (Å²) in [6, 6.07) is 15.4. The number of carbonyl (C=O) groups excluding carboxylic acids is 2. The molecule has 1 fully saturated rings. The van der Waals surface area contributed by atoms with Gasteiger partial charge < -0.3 is 20.5 Å². The van der Waals surface area contributed by atoms with Crippen LogP contribution >= 0.6 is 11.8 Å². The molecular weight excluding hydrogens is 464 g/mol. The van der Waals surface area contributed by atoms with Crippen molar-refractivity contribution in [2.45, 2.75) is 37.6 Å². The summed E-state index contributed by atoms with van der Waals surface area (Å²) >= 11 is 1.54. The maximum Gasteiger partial charge on any atom is 0.407 e. The molecule has 0 radical (unpaired) electrons. The summed E-state index contributed by atoms with van der Waals surface area (Å²) in [6.07, 6.45) is 4.43. The number of aliphatic carboxylic acids is 1. The van der Waals surface area contributed by atoms with Gasteiger partial charge >= 0.3 is 12.1 Å². The van der Waals surface area contributed by atoms with Gasteiger partial charge in [0.1, 0.15) is 12.6 Å². The summed E-state index contributed by atoms with van der Waals surface area (Å²) in [7, 11) is 0. The SMILES string of the molecule is CSCC[C@@H](NC(=O)C(CNC(=O)OCC1c2ccccc2-c2ccccc21)CC1CC1)C(=O)O. The third-order valence-electron chi connectivity index (χ3n) is 6.75. The highest BCUT2D eigenvalue weighted by atomic mass is 32.2. The van der Waals surface area contributed by atoms with Crippen LogP contribution in [-0.2, 0) is 14.3 Å². The number of fused-ring (bicyclic) bond motifs is 3. The molecule has 2 aromatic rings. The zero-order valence-electron chi connectivity index (χ0n) is 19.9. The van der Waals surface area contributed by atoms with E-state index in [-0.39, 0.29) is 25.0 Å². The predicted molar refractivity (Wildman–Crippen MR) is 136 cm³/mol. The van der Waals surface area contributed by atoms with Gasteiger partial charge in [-0.25, -0.2) is 9.59 Å². The number of thioether (sulfide) groups is 1. The van der Waals surface area contributed by atoms with Gasteiger partial charge in [0.05, 0.1) is 5.92 Å². The van der Waals surface area contributed by atoms with E-state index in [2.05, 4.69) is 34.9 Å². The summed E-state index contributed by atoms with van der Waals surface area (Å²) in [5, 5.41) is 14.8. The Morgan fingerprint density at radius 2 is 1.69 bits per heavy atom. The van der Waals surface area contributed by atoms with E-state index in [0.29, 0.717) is 24.5 Å². The standard InChI is InChI=1S/C27H32N2O5S/c1-35-13-12-24(26(31)32)29-25(30)18(14-17-10-11-17)15-28-27(33)34-16-23-21-8-4-2-6-19(21)20-7-3-5-9-22(20)23/h2-9,17-18,23-24H,10-16H2,1H3,(H,28,33)(H,29,30)(H,31,32)/t18?,24-/m1/s1. The van der Waals surface area contributed by atoms with Crippen molar-refractivity contribution in [2.75, 3.05) is 25.2 Å². The van der Waals surface area contributed by atoms with Crippen LogP contribution in [0.1, 0.15) is 42.7 Å². The second kappa shape index (κ2) is 11.6. The maximum atomic E-state index is 12.9. The van der Waals surface area contributed by atoms with E-state index in [4.69, 9.17) is 4.74 Å². The Balaban J connectivity index is 1.33. The van der Waals surface area contributed by atoms with Gasteiger partial charge in [-0.1, -0.05) is 61.4 Å². The number of rotatable bonds is 12. The lowest BCUT2D eigenvalue weighted by Gasteiger charge is -2.21. The Kier molecular flexibility index (Phi) is 8.33. The molecule has 0 spiro atoms. The first-order valence-corrected chi connectivity index (χ1v) is 13.5. The molecule has 186 valence electrons. The molecule has 7 nitrogen and oxygen atoms in total. The molecule has 0 aliphatic heterocycles. The second-order valence-corrected chi connectivity index (χ2v) is 10.2. The number of ether oxygens (including phenoxy) is 1. The molecule has 1 unspecified atom stereocenters. The van der Waals surface area contributed by atoms with Crippen molar-refractivity contribution >= 4 is 29.7 Å². The van der Waals surface area contributed by atoms with Crippen molar-refractivity contribution in [2.24, 2.45) is 11.8 Å². The van der Waals surface area contributed by atoms with Gasteiger partial charge in [-0.2, -0.15) is 11.8 Å². The van der Waals surface area contributed by atoms with Gasteiger partial charge in [0.2, 0.25) is 5.91 Å². The molecule has 0 saturated heterocycles. The van der Waals surface area contributed by atoms with Crippen LogP contribution in [0.15, 0.2) is 48.5 Å². The monoisotopic (exact) mass is 496 g/mol. The topological polar surface area (TPSA) is 105 Å². The molecule has 2 aromatic carbocycles. The number of carbonyl (C=O) groups is 3. The maximum absolute atomic E-state index is 12.9. The fourth-order valence-electron chi connectivity index (χ4n) is 4.68. The molecule has 3 N–H and O–H groups in total. The van der Waals surface area contributed by atoms with Crippen LogP contribution in [-0.4, -0.2) is 54.3 Å². The van der Waals surface area contributed by atoms with Crippen molar-refractivity contribution in [1.29, 1.82) is 0 Å². The van der Waals surface area contributed by atoms with Crippen LogP contribution < -0.4 is 10.6 Å². The van der Waals surface area contributed by atoms with Crippen LogP contribution in [0.25, 0.3) is 11.1 Å². The van der Waals surface area contributed by atoms with E-state index < -0.39 is 24.0 Å². The van der Waals surface area contributed by atoms with Gasteiger partial charge in [-0.05, 0) is 53.0 Å². The number of hydrogen-bond acceptors (Lipinski definition) is 5. The number of amides is 2. The van der Waals surface area contributed by atoms with Crippen LogP contribution in [0.3, 0.4) is 0 Å². The average Bonchev–Trinajstić information content (AvgIpc) is 3.63. The number of benzene rings is 2. The number of carboxylic acid groups (broad SMARTS) is 1. The van der Waals surface area contributed by atoms with Gasteiger partial charge in [0, 0.05) is 12.5 Å². The molecule has 8 heteroatoms. The Morgan fingerprint density at radius 1 is 1.06 bits per heavy atom. The van der Waals surface area contributed by atoms with E-state index in [9.17, 15) is 19.5 Å². The fraction of sp³-hybridized carbons (Fsp3) is 0.444. The van der Waals surface area contributed by atoms with E-state index in [0.717, 1.165) is 35.1 Å². The lowest BCUT2D eigenvalue weighted by Crippen LogP contribution is -2.46. The molecule has 4 rings (SSSR count). The Bertz CT molecular complexity index is 1030. The summed E-state index contributed by atoms with van der Waals surface area (Å²) in [4.78, 5) is 37.0. The number of hydrogen-bond donors (Lipinski definition) is 3. The van der Waals surface area contributed by atoms with Crippen LogP contribution in [0.5, 0.6) is 0 Å². The summed E-state index contributed by atoms with van der Waals surface area (Å²) in [5.74, 6) is -0.802. The molecule has 35 heavy (non-hydrogen) atoms. The molecule has 0 bridgehead atoms. The van der Waals surface area contributed by atoms with Gasteiger partial charge in [-0.15, -0.1) is 0 Å². The molecule has 2 amide bonds. The first-order valence-electron chi connectivity index (χ1n) is 12.1. The minimum Gasteiger partial charge on any atom is -0.480 e. The first-order chi connectivity index (χ1) is 17.0. The Hall–Kier alpha value is -3.00. The lowest BCUT2D eigenvalue weighted by molar-refractivity contribution is -0.142. The van der Waals surface area contributed by atoms with Gasteiger partial charge in [-0.3, -0.25) is 4.79 Å². The van der Waals surface area contributed by atoms with E-state index in [1.54, 1.807) is 0 Å². The number of carboxylic acids is 1. The Morgan fingerprint density at radius 3 is 2.26 bits per heavy atom. The first kappa shape index (κ1) is 25.1. The zero-order valence-corrected chi connectivity index (χ0v) is 20.7. The Labute approximate surface area is 210 Å². The second-order valence-electron chi connectivity index (χ2n) is 9.26. The smallest absolute Gasteiger partial charge is 0.407 e. The number of alkyl carbamates (subject to hydrolysis) is 1. The average molecular weight is 497 g/mol. The van der Waals surface area contributed by atoms with Gasteiger partial charge in [0.15, 0.2) is 0 Å². The third kappa shape index (κ3) is 6.36. The molecule has 1 saturated carbocycles. The molecular formula is C27H32N2O5S. The summed E-state index contributed by atoms with van der Waals surface area (Å²) in [5.41, 5.74) is 4.59. The van der Waals surface area contributed by atoms with Crippen LogP contribution in [0.2, 0.25) is 0 Å². The quantitative estimate of drug-likeness (QED) is 0.406. The van der Waals surface area contributed by atoms with E-state index in [1.165, 1.54) is 11.8 Å². The normalized spacial score (nSPS) is 16.0. The van der Waals surface area contributed by atoms with Crippen LogP contribution in [0, 0.1) is 11.8 Å². The van der Waals surface area contributed by atoms with Gasteiger partial charge in [0.25, 0.3) is 0 Å². The van der Waals surface area contributed by atoms with Crippen LogP contribution in [0.4, 0.5) is 4.79 Å². The van der Waals surface area contributed by atoms with Crippen molar-refractivity contribution in [3.8, 4) is 11.1 Å². The minimum atomic E-state index is -1.04. The van der Waals surface area contributed by atoms with Crippen molar-refractivity contribution in [3.63, 3.8) is 0 Å². The largest absolute Gasteiger partial charge is 0.480 e. The van der Waals surface area contributed by atoms with E-state index in [1.807, 2.05) is 30.5 Å². The molecule has 2 aliphatic carbocycles. The highest BCUT2D eigenvalue weighted by Crippen LogP contribution is 2.44. The molecule has 0 heterocycles. The van der Waals surface area contributed by atoms with Crippen molar-refractivity contribution in [1.82, 2.24) is 10.6 Å². The third-order valence-corrected chi connectivity index (χ3v) is 7.39. The minimum absolute atomic E-state index is 0.0357. The highest BCUT2D eigenvalue weighted by molar-refractivity contribution is 7.98. The highest BCUT2D eigenvalue weighted by Gasteiger charge is 2.32. The molecule has 0 aromatic heterocycles.